The molecule has 15 heteroatoms. The number of likely N-dealkylation sites (N-methyl/N-ethyl adjacent to an activating group) is 1. The molecule has 228 valence electrons. The van der Waals surface area contributed by atoms with Crippen molar-refractivity contribution in [2.75, 3.05) is 44.9 Å². The van der Waals surface area contributed by atoms with Crippen molar-refractivity contribution < 1.29 is 17.9 Å². The van der Waals surface area contributed by atoms with Crippen molar-refractivity contribution in [1.82, 2.24) is 34.3 Å². The Bertz CT molecular complexity index is 1660. The second-order valence-corrected chi connectivity index (χ2v) is 10.8. The van der Waals surface area contributed by atoms with Crippen molar-refractivity contribution in [3.05, 3.63) is 64.8 Å². The van der Waals surface area contributed by atoms with Gasteiger partial charge in [-0.2, -0.15) is 18.2 Å². The highest BCUT2D eigenvalue weighted by Gasteiger charge is 2.32. The molecule has 11 nitrogen and oxygen atoms in total. The molecule has 0 spiro atoms. The molecule has 4 aromatic rings. The maximum absolute atomic E-state index is 13.9. The van der Waals surface area contributed by atoms with Gasteiger partial charge < -0.3 is 30.6 Å². The van der Waals surface area contributed by atoms with Crippen LogP contribution in [0.25, 0.3) is 16.9 Å². The first-order valence-corrected chi connectivity index (χ1v) is 13.8. The molecule has 5 rings (SSSR count). The van der Waals surface area contributed by atoms with Crippen LogP contribution < -0.4 is 21.1 Å². The number of hydrogen-bond donors (Lipinski definition) is 3. The third kappa shape index (κ3) is 6.45. The number of rotatable bonds is 9. The molecule has 1 saturated heterocycles. The monoisotopic (exact) mass is 616 g/mol. The zero-order chi connectivity index (χ0) is 30.9. The van der Waals surface area contributed by atoms with Crippen molar-refractivity contribution in [3.8, 4) is 5.75 Å². The highest BCUT2D eigenvalue weighted by Crippen LogP contribution is 2.37. The van der Waals surface area contributed by atoms with Crippen molar-refractivity contribution >= 4 is 46.0 Å². The van der Waals surface area contributed by atoms with Crippen LogP contribution in [0, 0.1) is 0 Å². The molecule has 0 amide bonds. The predicted molar refractivity (Wildman–Crippen MR) is 160 cm³/mol. The lowest BCUT2D eigenvalue weighted by Crippen LogP contribution is -2.31. The van der Waals surface area contributed by atoms with Gasteiger partial charge in [0.25, 0.3) is 0 Å². The first-order valence-electron chi connectivity index (χ1n) is 13.4. The highest BCUT2D eigenvalue weighted by molar-refractivity contribution is 6.36. The second-order valence-electron chi connectivity index (χ2n) is 10.4. The summed E-state index contributed by atoms with van der Waals surface area (Å²) in [5, 5.41) is 6.13. The smallest absolute Gasteiger partial charge is 0.416 e. The third-order valence-electron chi connectivity index (χ3n) is 7.31. The average Bonchev–Trinajstić information content (AvgIpc) is 3.57. The third-order valence-corrected chi connectivity index (χ3v) is 7.67. The van der Waals surface area contributed by atoms with Gasteiger partial charge in [0.15, 0.2) is 23.0 Å². The standard InChI is InChI=1S/C28H32ClF3N10O/c1-34-25-23(35-6-7-36-25)20(12-33)43-21-13-37-26-24(22(21)29)41(4)27(39-26)38-18-10-16(9-17(11-18)28(30,31)32)14-42-8-5-19(15-42)40(2)3/h6-7,9-13,19H,5,8,14-15,33H2,1-4H3,(H,34,36)(H,37,38,39)/b20-12+/t19-/m1/s1. The van der Waals surface area contributed by atoms with E-state index in [-0.39, 0.29) is 33.8 Å². The first-order chi connectivity index (χ1) is 20.5. The van der Waals surface area contributed by atoms with Gasteiger partial charge in [0.2, 0.25) is 5.95 Å². The molecule has 1 fully saturated rings. The summed E-state index contributed by atoms with van der Waals surface area (Å²) in [7, 11) is 7.39. The number of alkyl halides is 3. The average molecular weight is 617 g/mol. The number of anilines is 3. The number of nitrogens with zero attached hydrogens (tertiary/aromatic N) is 7. The zero-order valence-corrected chi connectivity index (χ0v) is 24.8. The highest BCUT2D eigenvalue weighted by atomic mass is 35.5. The lowest BCUT2D eigenvalue weighted by Gasteiger charge is -2.21. The molecule has 1 aromatic carbocycles. The van der Waals surface area contributed by atoms with Crippen molar-refractivity contribution in [1.29, 1.82) is 0 Å². The summed E-state index contributed by atoms with van der Waals surface area (Å²) in [5.74, 6) is 1.06. The molecule has 0 bridgehead atoms. The minimum Gasteiger partial charge on any atom is -0.450 e. The van der Waals surface area contributed by atoms with E-state index < -0.39 is 11.7 Å². The Morgan fingerprint density at radius 3 is 2.65 bits per heavy atom. The Morgan fingerprint density at radius 1 is 1.21 bits per heavy atom. The molecule has 4 heterocycles. The summed E-state index contributed by atoms with van der Waals surface area (Å²) in [5.41, 5.74) is 6.92. The second kappa shape index (κ2) is 12.2. The Balaban J connectivity index is 1.44. The van der Waals surface area contributed by atoms with Crippen LogP contribution in [0.15, 0.2) is 43.0 Å². The zero-order valence-electron chi connectivity index (χ0n) is 24.1. The summed E-state index contributed by atoms with van der Waals surface area (Å²) < 4.78 is 49.2. The van der Waals surface area contributed by atoms with Crippen LogP contribution in [0.3, 0.4) is 0 Å². The normalized spacial score (nSPS) is 16.3. The fourth-order valence-corrected chi connectivity index (χ4v) is 5.36. The number of ether oxygens (including phenoxy) is 1. The van der Waals surface area contributed by atoms with Crippen molar-refractivity contribution in [3.63, 3.8) is 0 Å². The maximum Gasteiger partial charge on any atom is 0.416 e. The van der Waals surface area contributed by atoms with Crippen LogP contribution in [0.5, 0.6) is 5.75 Å². The Kier molecular flexibility index (Phi) is 8.62. The summed E-state index contributed by atoms with van der Waals surface area (Å²) >= 11 is 6.73. The van der Waals surface area contributed by atoms with Gasteiger partial charge in [-0.05, 0) is 44.3 Å². The number of aromatic nitrogens is 5. The van der Waals surface area contributed by atoms with Crippen molar-refractivity contribution in [2.45, 2.75) is 25.2 Å². The number of halogens is 4. The number of likely N-dealkylation sites (tertiary alicyclic amines) is 1. The molecule has 43 heavy (non-hydrogen) atoms. The number of hydrogen-bond acceptors (Lipinski definition) is 10. The quantitative estimate of drug-likeness (QED) is 0.228. The number of nitrogens with one attached hydrogen (secondary N) is 2. The molecule has 1 aliphatic heterocycles. The van der Waals surface area contributed by atoms with Gasteiger partial charge in [0.1, 0.15) is 16.2 Å². The molecular formula is C28H32ClF3N10O. The molecule has 0 radical (unpaired) electrons. The Labute approximate surface area is 251 Å². The number of imidazole rings is 1. The number of nitrogens with two attached hydrogens (primary N) is 1. The minimum atomic E-state index is -4.52. The first kappa shape index (κ1) is 30.3. The molecule has 0 saturated carbocycles. The fraction of sp³-hybridized carbons (Fsp3) is 0.357. The van der Waals surface area contributed by atoms with E-state index in [2.05, 4.69) is 40.4 Å². The van der Waals surface area contributed by atoms with E-state index in [0.29, 0.717) is 35.2 Å². The van der Waals surface area contributed by atoms with Crippen molar-refractivity contribution in [2.24, 2.45) is 12.8 Å². The van der Waals surface area contributed by atoms with Gasteiger partial charge in [-0.25, -0.2) is 15.0 Å². The van der Waals surface area contributed by atoms with Gasteiger partial charge in [-0.1, -0.05) is 11.6 Å². The Morgan fingerprint density at radius 2 is 1.98 bits per heavy atom. The topological polar surface area (TPSA) is 122 Å². The van der Waals surface area contributed by atoms with E-state index in [1.165, 1.54) is 30.9 Å². The number of aryl methyl sites for hydroxylation is 1. The van der Waals surface area contributed by atoms with Crippen LogP contribution >= 0.6 is 11.6 Å². The largest absolute Gasteiger partial charge is 0.450 e. The number of fused-ring (bicyclic) bond motifs is 1. The molecule has 0 aliphatic carbocycles. The van der Waals surface area contributed by atoms with Gasteiger partial charge in [-0.3, -0.25) is 4.90 Å². The summed E-state index contributed by atoms with van der Waals surface area (Å²) in [6, 6.07) is 4.35. The SMILES string of the molecule is CNc1nccnc1/C(=C\N)Oc1cnc2nc(Nc3cc(CN4CC[C@@H](N(C)C)C4)cc(C(F)(F)F)c3)n(C)c2c1Cl. The van der Waals surface area contributed by atoms with Gasteiger partial charge in [-0.15, -0.1) is 0 Å². The minimum absolute atomic E-state index is 0.177. The van der Waals surface area contributed by atoms with Crippen LogP contribution in [-0.2, 0) is 19.8 Å². The lowest BCUT2D eigenvalue weighted by molar-refractivity contribution is -0.137. The molecule has 3 aromatic heterocycles. The lowest BCUT2D eigenvalue weighted by atomic mass is 10.1. The molecule has 1 aliphatic rings. The van der Waals surface area contributed by atoms with Gasteiger partial charge in [0, 0.05) is 64.1 Å². The van der Waals surface area contributed by atoms with E-state index in [4.69, 9.17) is 22.1 Å². The molecular weight excluding hydrogens is 585 g/mol. The molecule has 1 atom stereocenters. The maximum atomic E-state index is 13.9. The molecule has 4 N–H and O–H groups in total. The van der Waals surface area contributed by atoms with Crippen LogP contribution in [0.1, 0.15) is 23.2 Å². The summed E-state index contributed by atoms with van der Waals surface area (Å²) in [4.78, 5) is 21.6. The van der Waals surface area contributed by atoms with E-state index >= 15 is 0 Å². The van der Waals surface area contributed by atoms with E-state index in [0.717, 1.165) is 25.6 Å². The number of pyridine rings is 1. The van der Waals surface area contributed by atoms with Gasteiger partial charge in [0.05, 0.1) is 11.8 Å². The summed E-state index contributed by atoms with van der Waals surface area (Å²) in [6.07, 6.45) is 2.09. The van der Waals surface area contributed by atoms with Crippen LogP contribution in [-0.4, -0.2) is 74.6 Å². The van der Waals surface area contributed by atoms with E-state index in [1.54, 1.807) is 24.7 Å². The number of benzene rings is 1. The molecule has 0 unspecified atom stereocenters. The van der Waals surface area contributed by atoms with Crippen LogP contribution in [0.2, 0.25) is 5.02 Å². The van der Waals surface area contributed by atoms with Crippen LogP contribution in [0.4, 0.5) is 30.6 Å². The fourth-order valence-electron chi connectivity index (χ4n) is 5.06. The Hall–Kier alpha value is -4.14. The van der Waals surface area contributed by atoms with Gasteiger partial charge >= 0.3 is 6.18 Å². The van der Waals surface area contributed by atoms with E-state index in [1.807, 2.05) is 14.1 Å². The predicted octanol–water partition coefficient (Wildman–Crippen LogP) is 4.69. The van der Waals surface area contributed by atoms with E-state index in [9.17, 15) is 13.2 Å². The summed E-state index contributed by atoms with van der Waals surface area (Å²) in [6.45, 7) is 2.01.